The average Bonchev–Trinajstić information content (AvgIpc) is 3.27. The van der Waals surface area contributed by atoms with Crippen molar-refractivity contribution in [2.75, 3.05) is 13.1 Å². The first-order valence-electron chi connectivity index (χ1n) is 10.1. The van der Waals surface area contributed by atoms with Gasteiger partial charge in [0.15, 0.2) is 0 Å². The van der Waals surface area contributed by atoms with Crippen LogP contribution in [0, 0.1) is 20.8 Å². The van der Waals surface area contributed by atoms with Crippen LogP contribution in [0.2, 0.25) is 0 Å². The molecule has 2 heterocycles. The standard InChI is InChI=1S/C22H30N4O3/c1-13-10-14(2)18(15(3)11-13)20-24-25-21(29-20)19(28)16-8-7-9-26(16)17(27)12-23-22(4,5)6/h10-11,16,23H,7-9,12H2,1-6H3/t16-/m0/s1. The lowest BCUT2D eigenvalue weighted by Crippen LogP contribution is -2.48. The summed E-state index contributed by atoms with van der Waals surface area (Å²) < 4.78 is 5.76. The van der Waals surface area contributed by atoms with Gasteiger partial charge in [0.05, 0.1) is 6.54 Å². The molecular formula is C22H30N4O3. The van der Waals surface area contributed by atoms with Crippen molar-refractivity contribution in [2.24, 2.45) is 0 Å². The van der Waals surface area contributed by atoms with Crippen LogP contribution in [0.15, 0.2) is 16.5 Å². The topological polar surface area (TPSA) is 88.3 Å². The number of aromatic nitrogens is 2. The summed E-state index contributed by atoms with van der Waals surface area (Å²) in [6, 6.07) is 3.55. The van der Waals surface area contributed by atoms with E-state index < -0.39 is 6.04 Å². The summed E-state index contributed by atoms with van der Waals surface area (Å²) in [5.74, 6) is -0.0602. The Kier molecular flexibility index (Phi) is 5.89. The zero-order valence-electron chi connectivity index (χ0n) is 18.1. The Hall–Kier alpha value is -2.54. The molecule has 0 saturated carbocycles. The lowest BCUT2D eigenvalue weighted by Gasteiger charge is -2.26. The molecule has 7 heteroatoms. The van der Waals surface area contributed by atoms with E-state index in [9.17, 15) is 9.59 Å². The highest BCUT2D eigenvalue weighted by molar-refractivity contribution is 5.99. The van der Waals surface area contributed by atoms with Crippen LogP contribution >= 0.6 is 0 Å². The normalized spacial score (nSPS) is 17.0. The number of nitrogens with one attached hydrogen (secondary N) is 1. The van der Waals surface area contributed by atoms with Gasteiger partial charge in [0.2, 0.25) is 17.6 Å². The van der Waals surface area contributed by atoms with E-state index in [2.05, 4.69) is 15.5 Å². The molecule has 1 fully saturated rings. The predicted molar refractivity (Wildman–Crippen MR) is 111 cm³/mol. The lowest BCUT2D eigenvalue weighted by atomic mass is 10.00. The highest BCUT2D eigenvalue weighted by Gasteiger charge is 2.37. The molecule has 0 unspecified atom stereocenters. The highest BCUT2D eigenvalue weighted by atomic mass is 16.4. The summed E-state index contributed by atoms with van der Waals surface area (Å²) in [6.45, 7) is 12.8. The van der Waals surface area contributed by atoms with Crippen molar-refractivity contribution >= 4 is 11.7 Å². The fraction of sp³-hybridized carbons (Fsp3) is 0.545. The van der Waals surface area contributed by atoms with Crippen LogP contribution in [-0.4, -0.2) is 51.5 Å². The van der Waals surface area contributed by atoms with E-state index in [1.54, 1.807) is 4.90 Å². The molecule has 0 aliphatic carbocycles. The molecule has 1 aliphatic heterocycles. The number of likely N-dealkylation sites (tertiary alicyclic amines) is 1. The summed E-state index contributed by atoms with van der Waals surface area (Å²) in [7, 11) is 0. The Morgan fingerprint density at radius 2 is 1.83 bits per heavy atom. The van der Waals surface area contributed by atoms with Gasteiger partial charge in [-0.2, -0.15) is 0 Å². The number of benzene rings is 1. The molecule has 1 aromatic carbocycles. The van der Waals surface area contributed by atoms with E-state index in [0.717, 1.165) is 28.7 Å². The fourth-order valence-electron chi connectivity index (χ4n) is 3.86. The summed E-state index contributed by atoms with van der Waals surface area (Å²) in [4.78, 5) is 27.3. The van der Waals surface area contributed by atoms with Gasteiger partial charge in [-0.3, -0.25) is 9.59 Å². The van der Waals surface area contributed by atoms with Crippen molar-refractivity contribution in [1.29, 1.82) is 0 Å². The van der Waals surface area contributed by atoms with Crippen LogP contribution in [0.3, 0.4) is 0 Å². The molecule has 156 valence electrons. The third-order valence-corrected chi connectivity index (χ3v) is 5.17. The third-order valence-electron chi connectivity index (χ3n) is 5.17. The minimum atomic E-state index is -0.544. The van der Waals surface area contributed by atoms with Gasteiger partial charge >= 0.3 is 0 Å². The van der Waals surface area contributed by atoms with E-state index in [1.165, 1.54) is 0 Å². The highest BCUT2D eigenvalue weighted by Crippen LogP contribution is 2.28. The molecule has 0 radical (unpaired) electrons. The molecule has 1 aromatic heterocycles. The Bertz CT molecular complexity index is 903. The van der Waals surface area contributed by atoms with Crippen molar-refractivity contribution in [2.45, 2.75) is 66.0 Å². The first-order valence-corrected chi connectivity index (χ1v) is 10.1. The van der Waals surface area contributed by atoms with Crippen molar-refractivity contribution < 1.29 is 14.0 Å². The average molecular weight is 399 g/mol. The quantitative estimate of drug-likeness (QED) is 0.778. The van der Waals surface area contributed by atoms with Crippen LogP contribution in [0.4, 0.5) is 0 Å². The fourth-order valence-corrected chi connectivity index (χ4v) is 3.86. The van der Waals surface area contributed by atoms with Crippen molar-refractivity contribution in [1.82, 2.24) is 20.4 Å². The van der Waals surface area contributed by atoms with E-state index in [-0.39, 0.29) is 29.7 Å². The molecule has 2 aromatic rings. The number of hydrogen-bond acceptors (Lipinski definition) is 6. The van der Waals surface area contributed by atoms with Crippen LogP contribution in [0.5, 0.6) is 0 Å². The smallest absolute Gasteiger partial charge is 0.286 e. The van der Waals surface area contributed by atoms with E-state index in [4.69, 9.17) is 4.42 Å². The number of hydrogen-bond donors (Lipinski definition) is 1. The second-order valence-corrected chi connectivity index (χ2v) is 8.90. The van der Waals surface area contributed by atoms with Crippen LogP contribution in [-0.2, 0) is 4.79 Å². The molecule has 0 bridgehead atoms. The van der Waals surface area contributed by atoms with Crippen molar-refractivity contribution in [3.05, 3.63) is 34.7 Å². The van der Waals surface area contributed by atoms with Gasteiger partial charge in [0, 0.05) is 17.6 Å². The number of rotatable bonds is 5. The first kappa shape index (κ1) is 21.2. The largest absolute Gasteiger partial charge is 0.413 e. The van der Waals surface area contributed by atoms with Gasteiger partial charge in [-0.25, -0.2) is 0 Å². The molecule has 1 N–H and O–H groups in total. The molecule has 1 atom stereocenters. The maximum Gasteiger partial charge on any atom is 0.286 e. The molecule has 1 amide bonds. The van der Waals surface area contributed by atoms with Crippen LogP contribution in [0.25, 0.3) is 11.5 Å². The monoisotopic (exact) mass is 398 g/mol. The zero-order chi connectivity index (χ0) is 21.3. The molecule has 29 heavy (non-hydrogen) atoms. The molecular weight excluding hydrogens is 368 g/mol. The first-order chi connectivity index (χ1) is 13.6. The maximum absolute atomic E-state index is 13.0. The number of aryl methyl sites for hydroxylation is 3. The van der Waals surface area contributed by atoms with E-state index in [1.807, 2.05) is 53.7 Å². The third kappa shape index (κ3) is 4.72. The van der Waals surface area contributed by atoms with Gasteiger partial charge in [0.1, 0.15) is 6.04 Å². The van der Waals surface area contributed by atoms with Gasteiger partial charge in [-0.05, 0) is 65.5 Å². The Labute approximate surface area is 171 Å². The van der Waals surface area contributed by atoms with Gasteiger partial charge in [-0.1, -0.05) is 17.7 Å². The Morgan fingerprint density at radius 3 is 2.45 bits per heavy atom. The number of Topliss-reactive ketones (excluding diaryl/α,β-unsaturated/α-hetero) is 1. The van der Waals surface area contributed by atoms with Crippen LogP contribution in [0.1, 0.15) is 61.0 Å². The number of ketones is 1. The van der Waals surface area contributed by atoms with Crippen LogP contribution < -0.4 is 5.32 Å². The summed E-state index contributed by atoms with van der Waals surface area (Å²) >= 11 is 0. The minimum absolute atomic E-state index is 0.0344. The predicted octanol–water partition coefficient (Wildman–Crippen LogP) is 3.22. The zero-order valence-corrected chi connectivity index (χ0v) is 18.1. The Balaban J connectivity index is 1.78. The minimum Gasteiger partial charge on any atom is -0.413 e. The number of nitrogens with zero attached hydrogens (tertiary/aromatic N) is 3. The van der Waals surface area contributed by atoms with Gasteiger partial charge in [-0.15, -0.1) is 10.2 Å². The molecule has 1 saturated heterocycles. The molecule has 1 aliphatic rings. The van der Waals surface area contributed by atoms with E-state index >= 15 is 0 Å². The molecule has 7 nitrogen and oxygen atoms in total. The van der Waals surface area contributed by atoms with Gasteiger partial charge < -0.3 is 14.6 Å². The molecule has 3 rings (SSSR count). The summed E-state index contributed by atoms with van der Waals surface area (Å²) in [5.41, 5.74) is 3.90. The van der Waals surface area contributed by atoms with E-state index in [0.29, 0.717) is 18.9 Å². The van der Waals surface area contributed by atoms with Gasteiger partial charge in [0.25, 0.3) is 5.89 Å². The second-order valence-electron chi connectivity index (χ2n) is 8.90. The molecule has 0 spiro atoms. The number of carbonyl (C=O) groups excluding carboxylic acids is 2. The summed E-state index contributed by atoms with van der Waals surface area (Å²) in [6.07, 6.45) is 1.40. The maximum atomic E-state index is 13.0. The lowest BCUT2D eigenvalue weighted by molar-refractivity contribution is -0.130. The second kappa shape index (κ2) is 8.06. The Morgan fingerprint density at radius 1 is 1.17 bits per heavy atom. The number of carbonyl (C=O) groups is 2. The van der Waals surface area contributed by atoms with Crippen molar-refractivity contribution in [3.63, 3.8) is 0 Å². The van der Waals surface area contributed by atoms with Crippen molar-refractivity contribution in [3.8, 4) is 11.5 Å². The summed E-state index contributed by atoms with van der Waals surface area (Å²) in [5, 5.41) is 11.3. The SMILES string of the molecule is Cc1cc(C)c(-c2nnc(C(=O)[C@@H]3CCCN3C(=O)CNC(C)(C)C)o2)c(C)c1. The number of amides is 1.